The van der Waals surface area contributed by atoms with Gasteiger partial charge in [0.15, 0.2) is 0 Å². The number of phenols is 2. The second kappa shape index (κ2) is 57.5. The first-order chi connectivity index (χ1) is 64.4. The van der Waals surface area contributed by atoms with Gasteiger partial charge < -0.3 is 131 Å². The van der Waals surface area contributed by atoms with Gasteiger partial charge in [0.25, 0.3) is 11.8 Å². The predicted octanol–water partition coefficient (Wildman–Crippen LogP) is -5.18. The second-order valence-electron chi connectivity index (χ2n) is 33.6. The maximum atomic E-state index is 14.7. The molecule has 0 aromatic heterocycles. The van der Waals surface area contributed by atoms with Crippen LogP contribution in [0.5, 0.6) is 11.5 Å². The van der Waals surface area contributed by atoms with E-state index in [1.165, 1.54) is 67.6 Å². The zero-order chi connectivity index (χ0) is 101. The number of carbonyl (C=O) groups is 20. The van der Waals surface area contributed by atoms with Gasteiger partial charge in [0.2, 0.25) is 88.6 Å². The second-order valence-corrected chi connectivity index (χ2v) is 34.5. The summed E-state index contributed by atoms with van der Waals surface area (Å²) in [5.74, 6) is -24.3. The molecule has 5 rings (SSSR count). The lowest BCUT2D eigenvalue weighted by atomic mass is 9.93. The summed E-state index contributed by atoms with van der Waals surface area (Å²) in [5, 5.41) is 128. The third kappa shape index (κ3) is 38.6. The van der Waals surface area contributed by atoms with E-state index >= 15 is 0 Å². The molecule has 1 heterocycles. The quantitative estimate of drug-likeness (QED) is 0.0186. The Kier molecular flexibility index (Phi) is 47.9. The lowest BCUT2D eigenvalue weighted by molar-refractivity contribution is -0.142. The topological polar surface area (TPSA) is 733 Å². The molecule has 26 N–H and O–H groups in total. The van der Waals surface area contributed by atoms with Crippen LogP contribution in [0.25, 0.3) is 0 Å². The minimum Gasteiger partial charge on any atom is -0.508 e. The van der Waals surface area contributed by atoms with Gasteiger partial charge in [-0.1, -0.05) is 95.1 Å². The van der Waals surface area contributed by atoms with Crippen LogP contribution in [0.1, 0.15) is 155 Å². The van der Waals surface area contributed by atoms with Crippen molar-refractivity contribution in [2.75, 3.05) is 50.9 Å². The summed E-state index contributed by atoms with van der Waals surface area (Å²) in [6.45, 7) is 7.47. The van der Waals surface area contributed by atoms with Crippen LogP contribution in [0.15, 0.2) is 90.0 Å². The highest BCUT2D eigenvalue weighted by molar-refractivity contribution is 8.00. The van der Waals surface area contributed by atoms with E-state index in [9.17, 15) is 142 Å². The van der Waals surface area contributed by atoms with Crippen molar-refractivity contribution in [1.82, 2.24) is 84.7 Å². The van der Waals surface area contributed by atoms with Crippen LogP contribution in [0.4, 0.5) is 0 Å². The van der Waals surface area contributed by atoms with Gasteiger partial charge in [-0.2, -0.15) is 0 Å². The minimum atomic E-state index is -2.20. The summed E-state index contributed by atoms with van der Waals surface area (Å²) in [6.07, 6.45) is -4.58. The average Bonchev–Trinajstić information content (AvgIpc) is 1.64. The third-order valence-corrected chi connectivity index (χ3v) is 22.8. The number of imide groups is 1. The zero-order valence-electron chi connectivity index (χ0n) is 76.6. The Morgan fingerprint density at radius 2 is 0.831 bits per heavy atom. The molecule has 47 heteroatoms. The van der Waals surface area contributed by atoms with Crippen LogP contribution < -0.4 is 85.5 Å². The zero-order valence-corrected chi connectivity index (χ0v) is 77.4. The number of nitrogens with zero attached hydrogens (tertiary/aromatic N) is 1. The number of aliphatic hydroxyl groups is 4. The summed E-state index contributed by atoms with van der Waals surface area (Å²) >= 11 is 0.805. The number of thioether (sulfide) groups is 1. The van der Waals surface area contributed by atoms with Gasteiger partial charge in [-0.15, -0.1) is 11.8 Å². The predicted molar refractivity (Wildman–Crippen MR) is 485 cm³/mol. The van der Waals surface area contributed by atoms with Crippen molar-refractivity contribution in [2.45, 2.75) is 248 Å². The fourth-order valence-corrected chi connectivity index (χ4v) is 15.0. The normalized spacial score (nSPS) is 15.8. The molecule has 0 spiro atoms. The van der Waals surface area contributed by atoms with E-state index in [0.717, 1.165) is 43.4 Å². The number of unbranched alkanes of at least 4 members (excludes halogenated alkanes) is 1. The standard InChI is InChI=1S/C89H127N17O29S/c1-8-47(4)73(85(131)100-62(39-53-23-27-55(112)28-24-53)80(126)96-60(36-46(2)3)79(125)99-64(40-71(118)119)78(124)93-48(5)16-14-15-32-90)104-84(130)66(43-108)102-81(127)61(38-52-21-25-54(111)26-22-52)97-82(128)65(41-72(120)121)98-77(123)59(31-35-107)95-87(133)75(50(7)110)105-83(129)63(37-51-17-10-9-11-18-51)101-86(132)74(49(6)109)103-67(113)42-92-76(122)58(29-30-70(116)117)94-69(115)45-136-44-68(114)91-33-34-106-88(134)56-19-12-13-20-57(56)89(106)135/h9-11,17-18,21-28,46-50,58-66,73-75,107-112H,8,12-16,19-20,29-45,90H2,1-7H3,(H,91,114)(H,92,122)(H,93,124)(H,94,115)(H,95,133)(H,96,126)(H,97,128)(H,98,123)(H,99,125)(H,100,131)(H,101,132)(H,102,127)(H,103,113)(H,104,130)(H,105,129)(H,116,117)(H,118,119)(H,120,121)/t47-,48+,49+,50+,58-,59-,60-,61-,62-,63-,64-,65-,66-,73-,74-,75-/m0/s1. The number of aliphatic carboxylic acids is 3. The lowest BCUT2D eigenvalue weighted by Gasteiger charge is -2.30. The van der Waals surface area contributed by atoms with Crippen molar-refractivity contribution in [1.29, 1.82) is 0 Å². The molecule has 0 saturated carbocycles. The average molecular weight is 1930 g/mol. The van der Waals surface area contributed by atoms with Crippen LogP contribution in [0.3, 0.4) is 0 Å². The lowest BCUT2D eigenvalue weighted by Crippen LogP contribution is -2.63. The molecule has 1 aliphatic carbocycles. The number of amides is 17. The Morgan fingerprint density at radius 1 is 0.419 bits per heavy atom. The van der Waals surface area contributed by atoms with Crippen LogP contribution in [-0.4, -0.2) is 311 Å². The number of hydrogen-bond acceptors (Lipinski definition) is 28. The number of nitrogens with two attached hydrogens (primary N) is 1. The van der Waals surface area contributed by atoms with Gasteiger partial charge in [0.05, 0.1) is 49.7 Å². The minimum absolute atomic E-state index is 0.0706. The Bertz CT molecular complexity index is 4670. The number of carboxylic acids is 3. The summed E-state index contributed by atoms with van der Waals surface area (Å²) in [6, 6.07) is -4.03. The molecule has 2 aliphatic rings. The number of hydrogen-bond donors (Lipinski definition) is 25. The van der Waals surface area contributed by atoms with Gasteiger partial charge in [-0.05, 0) is 138 Å². The van der Waals surface area contributed by atoms with Gasteiger partial charge in [0, 0.05) is 62.6 Å². The van der Waals surface area contributed by atoms with Gasteiger partial charge in [0.1, 0.15) is 84.0 Å². The molecule has 748 valence electrons. The first-order valence-corrected chi connectivity index (χ1v) is 45.7. The third-order valence-electron chi connectivity index (χ3n) is 21.9. The summed E-state index contributed by atoms with van der Waals surface area (Å²) in [5.41, 5.74) is 7.46. The number of aliphatic hydroxyl groups excluding tert-OH is 4. The number of rotatable bonds is 60. The highest BCUT2D eigenvalue weighted by atomic mass is 32.2. The monoisotopic (exact) mass is 1930 g/mol. The first kappa shape index (κ1) is 113. The molecule has 0 bridgehead atoms. The molecule has 0 saturated heterocycles. The van der Waals surface area contributed by atoms with E-state index in [1.807, 2.05) is 0 Å². The van der Waals surface area contributed by atoms with Crippen LogP contribution >= 0.6 is 11.8 Å². The molecule has 3 aromatic rings. The van der Waals surface area contributed by atoms with Crippen molar-refractivity contribution in [3.8, 4) is 11.5 Å². The van der Waals surface area contributed by atoms with E-state index in [2.05, 4.69) is 79.8 Å². The van der Waals surface area contributed by atoms with E-state index in [-0.39, 0.29) is 61.1 Å². The number of nitrogens with one attached hydrogen (secondary N) is 15. The maximum absolute atomic E-state index is 14.7. The van der Waals surface area contributed by atoms with Crippen molar-refractivity contribution in [2.24, 2.45) is 17.6 Å². The van der Waals surface area contributed by atoms with E-state index < -0.39 is 285 Å². The largest absolute Gasteiger partial charge is 0.508 e. The summed E-state index contributed by atoms with van der Waals surface area (Å²) < 4.78 is 0. The molecule has 0 unspecified atom stereocenters. The number of benzene rings is 3. The first-order valence-electron chi connectivity index (χ1n) is 44.5. The van der Waals surface area contributed by atoms with Gasteiger partial charge >= 0.3 is 17.9 Å². The molecule has 46 nitrogen and oxygen atoms in total. The van der Waals surface area contributed by atoms with Gasteiger partial charge in [-0.25, -0.2) is 0 Å². The highest BCUT2D eigenvalue weighted by Gasteiger charge is 2.42. The molecule has 17 amide bonds. The number of carboxylic acid groups (broad SMARTS) is 3. The molecule has 3 aromatic carbocycles. The van der Waals surface area contributed by atoms with Crippen LogP contribution in [-0.2, 0) is 115 Å². The Labute approximate surface area is 788 Å². The number of phenolic OH excluding ortho intramolecular Hbond substituents is 2. The summed E-state index contributed by atoms with van der Waals surface area (Å²) in [4.78, 5) is 273. The van der Waals surface area contributed by atoms with Crippen molar-refractivity contribution in [3.63, 3.8) is 0 Å². The molecule has 0 radical (unpaired) electrons. The molecular weight excluding hydrogens is 1800 g/mol. The fourth-order valence-electron chi connectivity index (χ4n) is 14.3. The van der Waals surface area contributed by atoms with E-state index in [0.29, 0.717) is 60.9 Å². The van der Waals surface area contributed by atoms with Crippen molar-refractivity contribution >= 4 is 130 Å². The number of carbonyl (C=O) groups excluding carboxylic acids is 17. The van der Waals surface area contributed by atoms with Gasteiger partial charge in [-0.3, -0.25) is 101 Å². The fraction of sp³-hybridized carbons (Fsp3) is 0.551. The molecule has 16 atom stereocenters. The maximum Gasteiger partial charge on any atom is 0.305 e. The van der Waals surface area contributed by atoms with Crippen LogP contribution in [0.2, 0.25) is 0 Å². The molecule has 0 fully saturated rings. The molecular formula is C89H127N17O29S. The summed E-state index contributed by atoms with van der Waals surface area (Å²) in [7, 11) is 0. The molecule has 136 heavy (non-hydrogen) atoms. The Balaban J connectivity index is 1.29. The van der Waals surface area contributed by atoms with Crippen LogP contribution in [0, 0.1) is 11.8 Å². The highest BCUT2D eigenvalue weighted by Crippen LogP contribution is 2.33. The Morgan fingerprint density at radius 3 is 1.31 bits per heavy atom. The smallest absolute Gasteiger partial charge is 0.305 e. The Hall–Kier alpha value is -13.2. The van der Waals surface area contributed by atoms with E-state index in [4.69, 9.17) is 5.73 Å². The number of aromatic hydroxyl groups is 2. The van der Waals surface area contributed by atoms with Crippen molar-refractivity contribution < 1.29 is 142 Å². The SMILES string of the molecule is CC[C@H](C)[C@H](NC(=O)[C@H](CO)NC(=O)[C@H](Cc1ccc(O)cc1)NC(=O)[C@H](CC(=O)O)NC(=O)[C@H](CCO)NC(=O)[C@@H](NC(=O)[C@H](Cc1ccccc1)NC(=O)[C@@H](NC(=O)CNC(=O)[C@H](CCC(=O)O)NC(=O)CSCC(=O)NCCN1C(=O)C2=C(CCCC2)C1=O)[C@@H](C)O)[C@@H](C)O)C(=O)N[C@@H](Cc1ccc(O)cc1)C(=O)N[C@@H](CC(C)C)C(=O)N[C@@H](CC(=O)O)C(=O)N[C@H](C)CCCCN. The molecule has 1 aliphatic heterocycles. The van der Waals surface area contributed by atoms with Crippen molar-refractivity contribution in [3.05, 3.63) is 107 Å². The van der Waals surface area contributed by atoms with E-state index in [1.54, 1.807) is 45.9 Å².